The SMILES string of the molecule is [C-]#[N+]c1c(-n2c3ccccc3c3c4c(ccc32)sc2ccccc24)ccc(-n2c3ccccc3c3c4c(ccc32)sc2ccccc24)c1C#N. The van der Waals surface area contributed by atoms with Gasteiger partial charge in [0.25, 0.3) is 0 Å². The molecule has 230 valence electrons. The maximum absolute atomic E-state index is 10.9. The van der Waals surface area contributed by atoms with Crippen molar-refractivity contribution >= 4 is 112 Å². The molecule has 0 fully saturated rings. The molecule has 0 aliphatic heterocycles. The van der Waals surface area contributed by atoms with Gasteiger partial charge in [0.1, 0.15) is 0 Å². The summed E-state index contributed by atoms with van der Waals surface area (Å²) in [4.78, 5) is 4.12. The molecule has 11 aromatic rings. The molecule has 0 spiro atoms. The van der Waals surface area contributed by atoms with E-state index < -0.39 is 0 Å². The average molecular weight is 671 g/mol. The summed E-state index contributed by atoms with van der Waals surface area (Å²) in [5, 5.41) is 20.5. The van der Waals surface area contributed by atoms with Crippen molar-refractivity contribution in [2.24, 2.45) is 0 Å². The zero-order valence-electron chi connectivity index (χ0n) is 26.3. The number of hydrogen-bond acceptors (Lipinski definition) is 3. The number of rotatable bonds is 2. The van der Waals surface area contributed by atoms with Gasteiger partial charge in [-0.3, -0.25) is 0 Å². The molecule has 0 aliphatic rings. The van der Waals surface area contributed by atoms with Gasteiger partial charge in [0.2, 0.25) is 5.69 Å². The Kier molecular flexibility index (Phi) is 5.52. The number of hydrogen-bond donors (Lipinski definition) is 0. The minimum Gasteiger partial charge on any atom is -0.319 e. The molecule has 0 N–H and O–H groups in total. The fourth-order valence-electron chi connectivity index (χ4n) is 8.23. The molecule has 4 heterocycles. The van der Waals surface area contributed by atoms with Gasteiger partial charge in [0.15, 0.2) is 0 Å². The van der Waals surface area contributed by atoms with E-state index in [2.05, 4.69) is 129 Å². The van der Waals surface area contributed by atoms with Crippen LogP contribution in [0.25, 0.3) is 100 Å². The Morgan fingerprint density at radius 2 is 0.920 bits per heavy atom. The summed E-state index contributed by atoms with van der Waals surface area (Å²) in [5.41, 5.74) is 6.18. The molecule has 0 bridgehead atoms. The molecule has 0 saturated heterocycles. The van der Waals surface area contributed by atoms with Crippen molar-refractivity contribution in [2.45, 2.75) is 0 Å². The fraction of sp³-hybridized carbons (Fsp3) is 0. The topological polar surface area (TPSA) is 38.0 Å². The molecule has 6 heteroatoms. The van der Waals surface area contributed by atoms with Crippen LogP contribution in [0.1, 0.15) is 5.56 Å². The van der Waals surface area contributed by atoms with Crippen molar-refractivity contribution in [3.63, 3.8) is 0 Å². The standard InChI is InChI=1S/C44H22N4S2/c1-46-44-29(24-45)32(47-30-14-6-2-10-25(30)40-33(47)20-22-38-42(40)27-12-4-8-16-36(27)49-38)18-19-35(44)48-31-15-7-3-11-26(31)41-34(48)21-23-39-43(41)28-13-5-9-17-37(28)50-39/h2-23H. The molecule has 0 amide bonds. The lowest BCUT2D eigenvalue weighted by molar-refractivity contribution is 1.14. The Morgan fingerprint density at radius 3 is 1.44 bits per heavy atom. The third kappa shape index (κ3) is 3.46. The van der Waals surface area contributed by atoms with Crippen molar-refractivity contribution in [1.82, 2.24) is 9.13 Å². The van der Waals surface area contributed by atoms with E-state index in [1.165, 1.54) is 51.1 Å². The molecule has 4 aromatic heterocycles. The highest BCUT2D eigenvalue weighted by molar-refractivity contribution is 7.26. The molecular formula is C44H22N4S2. The van der Waals surface area contributed by atoms with Crippen LogP contribution >= 0.6 is 22.7 Å². The summed E-state index contributed by atoms with van der Waals surface area (Å²) in [6.07, 6.45) is 0. The Bertz CT molecular complexity index is 3130. The predicted molar refractivity (Wildman–Crippen MR) is 212 cm³/mol. The average Bonchev–Trinajstić information content (AvgIpc) is 3.91. The van der Waals surface area contributed by atoms with Gasteiger partial charge >= 0.3 is 0 Å². The molecule has 11 rings (SSSR count). The summed E-state index contributed by atoms with van der Waals surface area (Å²) >= 11 is 3.61. The summed E-state index contributed by atoms with van der Waals surface area (Å²) in [6, 6.07) is 49.3. The van der Waals surface area contributed by atoms with E-state index in [0.29, 0.717) is 22.6 Å². The smallest absolute Gasteiger partial charge is 0.230 e. The first-order valence-electron chi connectivity index (χ1n) is 16.4. The van der Waals surface area contributed by atoms with Crippen LogP contribution in [0.3, 0.4) is 0 Å². The van der Waals surface area contributed by atoms with Gasteiger partial charge in [-0.2, -0.15) is 5.26 Å². The van der Waals surface area contributed by atoms with Crippen LogP contribution in [0.2, 0.25) is 0 Å². The van der Waals surface area contributed by atoms with Gasteiger partial charge in [-0.05, 0) is 60.7 Å². The summed E-state index contributed by atoms with van der Waals surface area (Å²) in [7, 11) is 0. The quantitative estimate of drug-likeness (QED) is 0.169. The van der Waals surface area contributed by atoms with Crippen LogP contribution in [0.4, 0.5) is 5.69 Å². The van der Waals surface area contributed by atoms with E-state index in [1.807, 2.05) is 24.3 Å². The molecule has 4 nitrogen and oxygen atoms in total. The number of thiophene rings is 2. The first-order chi connectivity index (χ1) is 24.7. The minimum atomic E-state index is 0.343. The van der Waals surface area contributed by atoms with Gasteiger partial charge in [0.05, 0.1) is 51.6 Å². The van der Waals surface area contributed by atoms with Crippen LogP contribution in [0.5, 0.6) is 0 Å². The van der Waals surface area contributed by atoms with Crippen molar-refractivity contribution in [2.75, 3.05) is 0 Å². The van der Waals surface area contributed by atoms with Crippen LogP contribution in [-0.4, -0.2) is 9.13 Å². The van der Waals surface area contributed by atoms with Crippen LogP contribution in [0, 0.1) is 17.9 Å². The summed E-state index contributed by atoms with van der Waals surface area (Å²) in [6.45, 7) is 8.54. The van der Waals surface area contributed by atoms with E-state index >= 15 is 0 Å². The van der Waals surface area contributed by atoms with Crippen molar-refractivity contribution in [1.29, 1.82) is 5.26 Å². The highest BCUT2D eigenvalue weighted by Gasteiger charge is 2.24. The van der Waals surface area contributed by atoms with Gasteiger partial charge < -0.3 is 9.13 Å². The van der Waals surface area contributed by atoms with Gasteiger partial charge in [0, 0.05) is 61.9 Å². The lowest BCUT2D eigenvalue weighted by atomic mass is 10.1. The van der Waals surface area contributed by atoms with Crippen LogP contribution in [-0.2, 0) is 0 Å². The number of nitrogens with zero attached hydrogens (tertiary/aromatic N) is 4. The Morgan fingerprint density at radius 1 is 0.460 bits per heavy atom. The van der Waals surface area contributed by atoms with E-state index in [9.17, 15) is 5.26 Å². The Hall–Kier alpha value is -6.44. The molecule has 0 aliphatic carbocycles. The molecule has 0 radical (unpaired) electrons. The Labute approximate surface area is 293 Å². The molecule has 0 atom stereocenters. The monoisotopic (exact) mass is 670 g/mol. The summed E-state index contributed by atoms with van der Waals surface area (Å²) < 4.78 is 9.34. The molecular weight excluding hydrogens is 649 g/mol. The number of nitriles is 1. The van der Waals surface area contributed by atoms with Crippen LogP contribution < -0.4 is 0 Å². The largest absolute Gasteiger partial charge is 0.319 e. The normalized spacial score (nSPS) is 12.0. The van der Waals surface area contributed by atoms with E-state index in [1.54, 1.807) is 22.7 Å². The molecule has 7 aromatic carbocycles. The third-order valence-corrected chi connectivity index (χ3v) is 12.5. The minimum absolute atomic E-state index is 0.343. The van der Waals surface area contributed by atoms with Crippen molar-refractivity contribution in [3.8, 4) is 17.4 Å². The van der Waals surface area contributed by atoms with E-state index in [-0.39, 0.29) is 0 Å². The number of benzene rings is 7. The maximum atomic E-state index is 10.9. The second-order valence-corrected chi connectivity index (χ2v) is 14.8. The second-order valence-electron chi connectivity index (χ2n) is 12.6. The maximum Gasteiger partial charge on any atom is 0.230 e. The van der Waals surface area contributed by atoms with Crippen molar-refractivity contribution in [3.05, 3.63) is 150 Å². The van der Waals surface area contributed by atoms with Crippen LogP contribution in [0.15, 0.2) is 133 Å². The van der Waals surface area contributed by atoms with E-state index in [4.69, 9.17) is 6.57 Å². The zero-order chi connectivity index (χ0) is 33.1. The first kappa shape index (κ1) is 27.5. The van der Waals surface area contributed by atoms with Gasteiger partial charge in [-0.25, -0.2) is 4.85 Å². The second kappa shape index (κ2) is 10.0. The number of para-hydroxylation sites is 2. The molecule has 0 unspecified atom stereocenters. The van der Waals surface area contributed by atoms with Gasteiger partial charge in [-0.1, -0.05) is 72.8 Å². The fourth-order valence-corrected chi connectivity index (χ4v) is 10.5. The molecule has 50 heavy (non-hydrogen) atoms. The number of aromatic nitrogens is 2. The summed E-state index contributed by atoms with van der Waals surface area (Å²) in [5.74, 6) is 0. The highest BCUT2D eigenvalue weighted by atomic mass is 32.1. The van der Waals surface area contributed by atoms with Crippen molar-refractivity contribution < 1.29 is 0 Å². The number of fused-ring (bicyclic) bond motifs is 14. The lowest BCUT2D eigenvalue weighted by Gasteiger charge is -2.16. The lowest BCUT2D eigenvalue weighted by Crippen LogP contribution is -2.01. The predicted octanol–water partition coefficient (Wildman–Crippen LogP) is 13.0. The molecule has 0 saturated carbocycles. The highest BCUT2D eigenvalue weighted by Crippen LogP contribution is 2.47. The third-order valence-electron chi connectivity index (χ3n) is 10.2. The van der Waals surface area contributed by atoms with E-state index in [0.717, 1.165) is 32.8 Å². The Balaban J connectivity index is 1.25. The zero-order valence-corrected chi connectivity index (χ0v) is 27.9. The first-order valence-corrected chi connectivity index (χ1v) is 18.0. The van der Waals surface area contributed by atoms with Gasteiger partial charge in [-0.15, -0.1) is 22.7 Å².